The normalized spacial score (nSPS) is 10.6. The fraction of sp³-hybridized carbons (Fsp3) is 0.700. The molecule has 3 heteroatoms. The summed E-state index contributed by atoms with van der Waals surface area (Å²) in [7, 11) is 0. The summed E-state index contributed by atoms with van der Waals surface area (Å²) in [6, 6.07) is 1.83. The van der Waals surface area contributed by atoms with Crippen molar-refractivity contribution in [3.63, 3.8) is 0 Å². The molecular weight excluding hydrogens is 166 g/mol. The van der Waals surface area contributed by atoms with Gasteiger partial charge >= 0.3 is 0 Å². The maximum atomic E-state index is 8.73. The minimum Gasteiger partial charge on any atom is -0.388 e. The largest absolute Gasteiger partial charge is 0.388 e. The first-order valence-electron chi connectivity index (χ1n) is 4.92. The predicted octanol–water partition coefficient (Wildman–Crippen LogP) is 2.29. The van der Waals surface area contributed by atoms with Crippen LogP contribution in [0.15, 0.2) is 10.6 Å². The van der Waals surface area contributed by atoms with Crippen LogP contribution in [-0.2, 0) is 13.0 Å². The first-order valence-corrected chi connectivity index (χ1v) is 4.92. The van der Waals surface area contributed by atoms with E-state index in [1.54, 1.807) is 0 Å². The van der Waals surface area contributed by atoms with E-state index in [0.29, 0.717) is 5.76 Å². The van der Waals surface area contributed by atoms with Gasteiger partial charge in [0.05, 0.1) is 5.69 Å². The third-order valence-electron chi connectivity index (χ3n) is 2.05. The molecule has 0 aliphatic rings. The van der Waals surface area contributed by atoms with E-state index in [0.717, 1.165) is 18.5 Å². The number of aromatic nitrogens is 1. The number of hydrogen-bond acceptors (Lipinski definition) is 3. The molecular formula is C10H17NO2. The third-order valence-corrected chi connectivity index (χ3v) is 2.05. The summed E-state index contributed by atoms with van der Waals surface area (Å²) in [5.41, 5.74) is 0.958. The molecule has 0 unspecified atom stereocenters. The predicted molar refractivity (Wildman–Crippen MR) is 50.3 cm³/mol. The smallest absolute Gasteiger partial charge is 0.162 e. The Balaban J connectivity index is 2.20. The van der Waals surface area contributed by atoms with Crippen molar-refractivity contribution in [2.75, 3.05) is 0 Å². The maximum absolute atomic E-state index is 8.73. The fourth-order valence-corrected chi connectivity index (χ4v) is 1.28. The Morgan fingerprint density at radius 2 is 2.23 bits per heavy atom. The Bertz CT molecular complexity index is 233. The molecule has 0 fully saturated rings. The second kappa shape index (κ2) is 5.75. The minimum atomic E-state index is -0.0536. The molecule has 3 nitrogen and oxygen atoms in total. The quantitative estimate of drug-likeness (QED) is 0.688. The molecule has 13 heavy (non-hydrogen) atoms. The number of aryl methyl sites for hydroxylation is 1. The third kappa shape index (κ3) is 3.59. The molecule has 0 aromatic carbocycles. The average Bonchev–Trinajstić information content (AvgIpc) is 2.60. The van der Waals surface area contributed by atoms with Gasteiger partial charge in [0.15, 0.2) is 5.76 Å². The molecule has 1 rings (SSSR count). The molecule has 1 aromatic rings. The van der Waals surface area contributed by atoms with Crippen molar-refractivity contribution in [3.05, 3.63) is 17.5 Å². The van der Waals surface area contributed by atoms with Crippen LogP contribution >= 0.6 is 0 Å². The lowest BCUT2D eigenvalue weighted by Gasteiger charge is -1.94. The average molecular weight is 183 g/mol. The van der Waals surface area contributed by atoms with Gasteiger partial charge in [-0.3, -0.25) is 0 Å². The van der Waals surface area contributed by atoms with Crippen molar-refractivity contribution >= 4 is 0 Å². The van der Waals surface area contributed by atoms with Gasteiger partial charge < -0.3 is 9.63 Å². The Kier molecular flexibility index (Phi) is 4.54. The topological polar surface area (TPSA) is 46.3 Å². The molecule has 1 aromatic heterocycles. The van der Waals surface area contributed by atoms with Crippen molar-refractivity contribution in [2.45, 2.75) is 45.6 Å². The van der Waals surface area contributed by atoms with Crippen LogP contribution in [0.5, 0.6) is 0 Å². The summed E-state index contributed by atoms with van der Waals surface area (Å²) >= 11 is 0. The van der Waals surface area contributed by atoms with Gasteiger partial charge in [0.2, 0.25) is 0 Å². The van der Waals surface area contributed by atoms with Crippen molar-refractivity contribution in [2.24, 2.45) is 0 Å². The van der Waals surface area contributed by atoms with E-state index in [9.17, 15) is 0 Å². The van der Waals surface area contributed by atoms with Crippen LogP contribution in [0.1, 0.15) is 44.1 Å². The molecule has 1 N–H and O–H groups in total. The summed E-state index contributed by atoms with van der Waals surface area (Å²) in [6.45, 7) is 2.14. The Hall–Kier alpha value is -0.830. The second-order valence-electron chi connectivity index (χ2n) is 3.25. The van der Waals surface area contributed by atoms with E-state index in [1.165, 1.54) is 19.3 Å². The van der Waals surface area contributed by atoms with Crippen LogP contribution in [0.2, 0.25) is 0 Å². The Morgan fingerprint density at radius 3 is 2.85 bits per heavy atom. The molecule has 0 saturated carbocycles. The van der Waals surface area contributed by atoms with Gasteiger partial charge in [-0.05, 0) is 12.8 Å². The SMILES string of the molecule is CCCCCCc1cc(CO)on1. The van der Waals surface area contributed by atoms with Crippen molar-refractivity contribution in [1.82, 2.24) is 5.16 Å². The molecule has 74 valence electrons. The van der Waals surface area contributed by atoms with Gasteiger partial charge in [0, 0.05) is 6.07 Å². The highest BCUT2D eigenvalue weighted by molar-refractivity contribution is 5.04. The summed E-state index contributed by atoms with van der Waals surface area (Å²) in [6.07, 6.45) is 5.90. The minimum absolute atomic E-state index is 0.0536. The summed E-state index contributed by atoms with van der Waals surface area (Å²) in [5.74, 6) is 0.561. The molecule has 1 heterocycles. The lowest BCUT2D eigenvalue weighted by Crippen LogP contribution is -1.84. The van der Waals surface area contributed by atoms with Gasteiger partial charge in [-0.25, -0.2) is 0 Å². The van der Waals surface area contributed by atoms with E-state index < -0.39 is 0 Å². The van der Waals surface area contributed by atoms with E-state index in [2.05, 4.69) is 12.1 Å². The number of rotatable bonds is 6. The zero-order chi connectivity index (χ0) is 9.52. The van der Waals surface area contributed by atoms with Crippen LogP contribution in [0, 0.1) is 0 Å². The van der Waals surface area contributed by atoms with Crippen LogP contribution in [0.25, 0.3) is 0 Å². The highest BCUT2D eigenvalue weighted by Crippen LogP contribution is 2.08. The highest BCUT2D eigenvalue weighted by atomic mass is 16.5. The molecule has 0 spiro atoms. The van der Waals surface area contributed by atoms with Gasteiger partial charge in [-0.15, -0.1) is 0 Å². The molecule has 0 saturated heterocycles. The Labute approximate surface area is 78.7 Å². The van der Waals surface area contributed by atoms with Crippen LogP contribution in [0.4, 0.5) is 0 Å². The number of nitrogens with zero attached hydrogens (tertiary/aromatic N) is 1. The number of aliphatic hydroxyl groups is 1. The van der Waals surface area contributed by atoms with E-state index >= 15 is 0 Å². The van der Waals surface area contributed by atoms with E-state index in [4.69, 9.17) is 9.63 Å². The first-order chi connectivity index (χ1) is 6.36. The van der Waals surface area contributed by atoms with Crippen molar-refractivity contribution in [1.29, 1.82) is 0 Å². The molecule has 0 bridgehead atoms. The van der Waals surface area contributed by atoms with Crippen LogP contribution in [0.3, 0.4) is 0 Å². The van der Waals surface area contributed by atoms with Crippen LogP contribution in [-0.4, -0.2) is 10.3 Å². The highest BCUT2D eigenvalue weighted by Gasteiger charge is 2.01. The molecule has 0 amide bonds. The fourth-order valence-electron chi connectivity index (χ4n) is 1.28. The van der Waals surface area contributed by atoms with Gasteiger partial charge in [0.25, 0.3) is 0 Å². The van der Waals surface area contributed by atoms with Crippen molar-refractivity contribution < 1.29 is 9.63 Å². The van der Waals surface area contributed by atoms with Crippen molar-refractivity contribution in [3.8, 4) is 0 Å². The van der Waals surface area contributed by atoms with E-state index in [1.807, 2.05) is 6.07 Å². The maximum Gasteiger partial charge on any atom is 0.162 e. The number of unbranched alkanes of at least 4 members (excludes halogenated alkanes) is 3. The molecule has 0 aliphatic heterocycles. The second-order valence-corrected chi connectivity index (χ2v) is 3.25. The number of hydrogen-bond donors (Lipinski definition) is 1. The molecule has 0 aliphatic carbocycles. The molecule has 0 radical (unpaired) electrons. The monoisotopic (exact) mass is 183 g/mol. The summed E-state index contributed by atoms with van der Waals surface area (Å²) < 4.78 is 4.87. The zero-order valence-corrected chi connectivity index (χ0v) is 8.12. The summed E-state index contributed by atoms with van der Waals surface area (Å²) in [5, 5.41) is 12.6. The lowest BCUT2D eigenvalue weighted by molar-refractivity contribution is 0.228. The lowest BCUT2D eigenvalue weighted by atomic mass is 10.1. The molecule has 0 atom stereocenters. The standard InChI is InChI=1S/C10H17NO2/c1-2-3-4-5-6-9-7-10(8-12)13-11-9/h7,12H,2-6,8H2,1H3. The van der Waals surface area contributed by atoms with Gasteiger partial charge in [-0.2, -0.15) is 0 Å². The van der Waals surface area contributed by atoms with Gasteiger partial charge in [-0.1, -0.05) is 31.3 Å². The Morgan fingerprint density at radius 1 is 1.38 bits per heavy atom. The number of aliphatic hydroxyl groups excluding tert-OH is 1. The first kappa shape index (κ1) is 10.3. The van der Waals surface area contributed by atoms with Gasteiger partial charge in [0.1, 0.15) is 6.61 Å². The van der Waals surface area contributed by atoms with Crippen LogP contribution < -0.4 is 0 Å². The zero-order valence-electron chi connectivity index (χ0n) is 8.12. The van der Waals surface area contributed by atoms with E-state index in [-0.39, 0.29) is 6.61 Å². The summed E-state index contributed by atoms with van der Waals surface area (Å²) in [4.78, 5) is 0.